The molecule has 24 heavy (non-hydrogen) atoms. The Hall–Kier alpha value is -2.96. The number of urea groups is 1. The zero-order valence-electron chi connectivity index (χ0n) is 12.6. The second-order valence-electron chi connectivity index (χ2n) is 5.14. The number of benzene rings is 2. The van der Waals surface area contributed by atoms with Crippen LogP contribution in [0.1, 0.15) is 10.4 Å². The molecule has 3 rings (SSSR count). The maximum atomic E-state index is 12.6. The second kappa shape index (κ2) is 6.66. The third-order valence-electron chi connectivity index (χ3n) is 3.73. The minimum absolute atomic E-state index is 0.00520. The van der Waals surface area contributed by atoms with Crippen molar-refractivity contribution in [3.05, 3.63) is 54.1 Å². The van der Waals surface area contributed by atoms with Crippen LogP contribution in [0.4, 0.5) is 25.0 Å². The molecule has 5 nitrogen and oxygen atoms in total. The summed E-state index contributed by atoms with van der Waals surface area (Å²) >= 11 is 0. The number of ether oxygens (including phenoxy) is 1. The molecule has 1 saturated heterocycles. The van der Waals surface area contributed by atoms with Crippen LogP contribution in [-0.4, -0.2) is 32.0 Å². The molecule has 2 amide bonds. The molecule has 0 spiro atoms. The highest BCUT2D eigenvalue weighted by Crippen LogP contribution is 2.30. The van der Waals surface area contributed by atoms with Gasteiger partial charge in [0.15, 0.2) is 6.29 Å². The van der Waals surface area contributed by atoms with Crippen molar-refractivity contribution in [2.75, 3.05) is 22.9 Å². The Morgan fingerprint density at radius 2 is 1.67 bits per heavy atom. The fraction of sp³-hybridized carbons (Fsp3) is 0.176. The van der Waals surface area contributed by atoms with Gasteiger partial charge in [0.05, 0.1) is 5.56 Å². The van der Waals surface area contributed by atoms with Crippen LogP contribution in [-0.2, 0) is 0 Å². The summed E-state index contributed by atoms with van der Waals surface area (Å²) in [5, 5.41) is 0. The number of carbonyl (C=O) groups is 2. The number of aldehydes is 1. The summed E-state index contributed by atoms with van der Waals surface area (Å²) in [6.07, 6.45) is 0.434. The molecule has 2 aromatic rings. The van der Waals surface area contributed by atoms with Gasteiger partial charge in [-0.3, -0.25) is 14.6 Å². The molecule has 1 fully saturated rings. The SMILES string of the molecule is O=Cc1ccc(N2CCN(c3ccccc3)C2=O)cc1OC(F)F. The monoisotopic (exact) mass is 332 g/mol. The first-order valence-electron chi connectivity index (χ1n) is 7.28. The van der Waals surface area contributed by atoms with E-state index >= 15 is 0 Å². The van der Waals surface area contributed by atoms with E-state index in [1.807, 2.05) is 30.3 Å². The van der Waals surface area contributed by atoms with E-state index in [0.717, 1.165) is 5.69 Å². The number of alkyl halides is 2. The van der Waals surface area contributed by atoms with Gasteiger partial charge in [-0.15, -0.1) is 0 Å². The molecule has 0 unspecified atom stereocenters. The van der Waals surface area contributed by atoms with Gasteiger partial charge in [0.1, 0.15) is 5.75 Å². The number of rotatable bonds is 5. The van der Waals surface area contributed by atoms with E-state index in [1.54, 1.807) is 4.90 Å². The van der Waals surface area contributed by atoms with Crippen LogP contribution in [0.5, 0.6) is 5.75 Å². The number of hydrogen-bond acceptors (Lipinski definition) is 3. The molecule has 124 valence electrons. The summed E-state index contributed by atoms with van der Waals surface area (Å²) < 4.78 is 29.3. The van der Waals surface area contributed by atoms with E-state index < -0.39 is 6.61 Å². The first-order chi connectivity index (χ1) is 11.6. The summed E-state index contributed by atoms with van der Waals surface area (Å²) in [5.74, 6) is -0.247. The van der Waals surface area contributed by atoms with Crippen molar-refractivity contribution in [1.82, 2.24) is 0 Å². The first-order valence-corrected chi connectivity index (χ1v) is 7.28. The lowest BCUT2D eigenvalue weighted by Gasteiger charge is -2.19. The van der Waals surface area contributed by atoms with Crippen molar-refractivity contribution in [3.63, 3.8) is 0 Å². The normalized spacial score (nSPS) is 14.4. The van der Waals surface area contributed by atoms with Gasteiger partial charge < -0.3 is 4.74 Å². The van der Waals surface area contributed by atoms with Crippen LogP contribution >= 0.6 is 0 Å². The summed E-state index contributed by atoms with van der Waals surface area (Å²) in [5.41, 5.74) is 1.17. The minimum atomic E-state index is -3.05. The quantitative estimate of drug-likeness (QED) is 0.787. The van der Waals surface area contributed by atoms with Crippen molar-refractivity contribution >= 4 is 23.7 Å². The molecule has 0 bridgehead atoms. The van der Waals surface area contributed by atoms with Gasteiger partial charge >= 0.3 is 12.6 Å². The summed E-state index contributed by atoms with van der Waals surface area (Å²) in [6.45, 7) is -2.17. The fourth-order valence-electron chi connectivity index (χ4n) is 2.61. The van der Waals surface area contributed by atoms with Crippen LogP contribution in [0.15, 0.2) is 48.5 Å². The predicted octanol–water partition coefficient (Wildman–Crippen LogP) is 3.55. The van der Waals surface area contributed by atoms with E-state index in [0.29, 0.717) is 25.1 Å². The van der Waals surface area contributed by atoms with Gasteiger partial charge in [0, 0.05) is 30.5 Å². The number of anilines is 2. The average Bonchev–Trinajstić information content (AvgIpc) is 2.96. The number of nitrogens with zero attached hydrogens (tertiary/aromatic N) is 2. The largest absolute Gasteiger partial charge is 0.434 e. The zero-order chi connectivity index (χ0) is 17.1. The molecule has 0 aromatic heterocycles. The fourth-order valence-corrected chi connectivity index (χ4v) is 2.61. The van der Waals surface area contributed by atoms with Crippen molar-refractivity contribution in [2.45, 2.75) is 6.61 Å². The van der Waals surface area contributed by atoms with Crippen molar-refractivity contribution in [2.24, 2.45) is 0 Å². The summed E-state index contributed by atoms with van der Waals surface area (Å²) in [4.78, 5) is 26.6. The van der Waals surface area contributed by atoms with Gasteiger partial charge in [0.25, 0.3) is 0 Å². The van der Waals surface area contributed by atoms with Crippen molar-refractivity contribution in [1.29, 1.82) is 0 Å². The summed E-state index contributed by atoms with van der Waals surface area (Å²) in [6, 6.07) is 13.1. The summed E-state index contributed by atoms with van der Waals surface area (Å²) in [7, 11) is 0. The minimum Gasteiger partial charge on any atom is -0.434 e. The molecular formula is C17H14F2N2O3. The Bertz CT molecular complexity index is 753. The van der Waals surface area contributed by atoms with Crippen LogP contribution in [0.2, 0.25) is 0 Å². The van der Waals surface area contributed by atoms with Gasteiger partial charge in [-0.2, -0.15) is 8.78 Å². The molecule has 1 heterocycles. The number of para-hydroxylation sites is 1. The van der Waals surface area contributed by atoms with Crippen LogP contribution < -0.4 is 14.5 Å². The second-order valence-corrected chi connectivity index (χ2v) is 5.14. The highest BCUT2D eigenvalue weighted by molar-refractivity contribution is 6.06. The molecule has 1 aliphatic heterocycles. The highest BCUT2D eigenvalue weighted by Gasteiger charge is 2.31. The first kappa shape index (κ1) is 15.9. The van der Waals surface area contributed by atoms with E-state index in [4.69, 9.17) is 0 Å². The smallest absolute Gasteiger partial charge is 0.387 e. The molecule has 0 aliphatic carbocycles. The maximum absolute atomic E-state index is 12.6. The predicted molar refractivity (Wildman–Crippen MR) is 85.0 cm³/mol. The van der Waals surface area contributed by atoms with E-state index in [2.05, 4.69) is 4.74 Å². The van der Waals surface area contributed by atoms with Gasteiger partial charge in [-0.05, 0) is 24.3 Å². The average molecular weight is 332 g/mol. The Morgan fingerprint density at radius 3 is 2.29 bits per heavy atom. The molecule has 0 N–H and O–H groups in total. The van der Waals surface area contributed by atoms with Crippen molar-refractivity contribution < 1.29 is 23.1 Å². The molecular weight excluding hydrogens is 318 g/mol. The molecule has 7 heteroatoms. The maximum Gasteiger partial charge on any atom is 0.387 e. The molecule has 0 saturated carbocycles. The third-order valence-corrected chi connectivity index (χ3v) is 3.73. The molecule has 0 radical (unpaired) electrons. The number of carbonyl (C=O) groups excluding carboxylic acids is 2. The van der Waals surface area contributed by atoms with Crippen LogP contribution in [0, 0.1) is 0 Å². The number of amides is 2. The van der Waals surface area contributed by atoms with E-state index in [9.17, 15) is 18.4 Å². The number of hydrogen-bond donors (Lipinski definition) is 0. The molecule has 1 aliphatic rings. The topological polar surface area (TPSA) is 49.9 Å². The van der Waals surface area contributed by atoms with E-state index in [1.165, 1.54) is 23.1 Å². The number of halogens is 2. The lowest BCUT2D eigenvalue weighted by molar-refractivity contribution is -0.0500. The van der Waals surface area contributed by atoms with Crippen LogP contribution in [0.25, 0.3) is 0 Å². The third kappa shape index (κ3) is 3.05. The Balaban J connectivity index is 1.87. The lowest BCUT2D eigenvalue weighted by atomic mass is 10.2. The van der Waals surface area contributed by atoms with Gasteiger partial charge in [-0.1, -0.05) is 18.2 Å². The highest BCUT2D eigenvalue weighted by atomic mass is 19.3. The Labute approximate surface area is 137 Å². The lowest BCUT2D eigenvalue weighted by Crippen LogP contribution is -2.31. The van der Waals surface area contributed by atoms with Crippen molar-refractivity contribution in [3.8, 4) is 5.75 Å². The standard InChI is InChI=1S/C17H14F2N2O3/c18-16(19)24-15-10-14(7-6-12(15)11-22)21-9-8-20(17(21)23)13-4-2-1-3-5-13/h1-7,10-11,16H,8-9H2. The molecule has 2 aromatic carbocycles. The Morgan fingerprint density at radius 1 is 1.00 bits per heavy atom. The van der Waals surface area contributed by atoms with Gasteiger partial charge in [0.2, 0.25) is 0 Å². The Kier molecular flexibility index (Phi) is 4.41. The zero-order valence-corrected chi connectivity index (χ0v) is 12.6. The van der Waals surface area contributed by atoms with E-state index in [-0.39, 0.29) is 17.3 Å². The molecule has 0 atom stereocenters. The van der Waals surface area contributed by atoms with Crippen LogP contribution in [0.3, 0.4) is 0 Å². The van der Waals surface area contributed by atoms with Gasteiger partial charge in [-0.25, -0.2) is 4.79 Å².